The molecule has 0 radical (unpaired) electrons. The second-order valence-corrected chi connectivity index (χ2v) is 5.09. The van der Waals surface area contributed by atoms with Gasteiger partial charge in [-0.25, -0.2) is 4.39 Å². The quantitative estimate of drug-likeness (QED) is 0.851. The Hall–Kier alpha value is -1.89. The number of nitriles is 1. The largest absolute Gasteiger partial charge is 0.298 e. The molecule has 0 heterocycles. The normalized spacial score (nSPS) is 10.6. The summed E-state index contributed by atoms with van der Waals surface area (Å²) in [5.74, 6) is -0.352. The predicted octanol–water partition coefficient (Wildman–Crippen LogP) is 3.98. The number of nitrogens with zero attached hydrogens (tertiary/aromatic N) is 2. The van der Waals surface area contributed by atoms with E-state index >= 15 is 0 Å². The van der Waals surface area contributed by atoms with Gasteiger partial charge in [0.05, 0.1) is 11.6 Å². The van der Waals surface area contributed by atoms with Crippen LogP contribution in [-0.4, -0.2) is 11.9 Å². The smallest absolute Gasteiger partial charge is 0.129 e. The van der Waals surface area contributed by atoms with Gasteiger partial charge in [0.1, 0.15) is 5.82 Å². The van der Waals surface area contributed by atoms with Gasteiger partial charge in [-0.3, -0.25) is 4.90 Å². The Labute approximate surface area is 123 Å². The van der Waals surface area contributed by atoms with Crippen molar-refractivity contribution in [2.45, 2.75) is 13.1 Å². The molecule has 0 aliphatic rings. The molecule has 0 saturated carbocycles. The van der Waals surface area contributed by atoms with E-state index in [2.05, 4.69) is 0 Å². The van der Waals surface area contributed by atoms with Crippen LogP contribution in [0.15, 0.2) is 42.5 Å². The maximum atomic E-state index is 13.8. The van der Waals surface area contributed by atoms with Crippen molar-refractivity contribution in [1.29, 1.82) is 5.26 Å². The number of benzene rings is 2. The summed E-state index contributed by atoms with van der Waals surface area (Å²) >= 11 is 6.11. The van der Waals surface area contributed by atoms with Crippen LogP contribution in [0.2, 0.25) is 5.02 Å². The van der Waals surface area contributed by atoms with Crippen LogP contribution in [0.4, 0.5) is 4.39 Å². The monoisotopic (exact) mass is 288 g/mol. The molecule has 0 aromatic heterocycles. The average molecular weight is 289 g/mol. The SMILES string of the molecule is CN(Cc1ccc(C#N)cc1F)Cc1ccccc1Cl. The molecule has 0 amide bonds. The molecule has 0 bridgehead atoms. The van der Waals surface area contributed by atoms with E-state index in [-0.39, 0.29) is 5.82 Å². The van der Waals surface area contributed by atoms with E-state index in [0.717, 1.165) is 5.56 Å². The van der Waals surface area contributed by atoms with E-state index in [1.807, 2.05) is 42.3 Å². The maximum Gasteiger partial charge on any atom is 0.129 e. The highest BCUT2D eigenvalue weighted by Crippen LogP contribution is 2.18. The zero-order chi connectivity index (χ0) is 14.5. The first kappa shape index (κ1) is 14.5. The van der Waals surface area contributed by atoms with Crippen molar-refractivity contribution in [2.24, 2.45) is 0 Å². The van der Waals surface area contributed by atoms with Gasteiger partial charge in [-0.05, 0) is 30.8 Å². The molecule has 2 nitrogen and oxygen atoms in total. The second-order valence-electron chi connectivity index (χ2n) is 4.68. The molecule has 2 aromatic carbocycles. The van der Waals surface area contributed by atoms with Crippen LogP contribution >= 0.6 is 11.6 Å². The maximum absolute atomic E-state index is 13.8. The van der Waals surface area contributed by atoms with Crippen molar-refractivity contribution in [3.05, 3.63) is 70.0 Å². The molecule has 0 atom stereocenters. The van der Waals surface area contributed by atoms with Gasteiger partial charge in [-0.15, -0.1) is 0 Å². The minimum atomic E-state index is -0.352. The van der Waals surface area contributed by atoms with Crippen LogP contribution in [0.1, 0.15) is 16.7 Å². The van der Waals surface area contributed by atoms with Gasteiger partial charge in [0.25, 0.3) is 0 Å². The summed E-state index contributed by atoms with van der Waals surface area (Å²) in [5, 5.41) is 9.43. The molecule has 0 unspecified atom stereocenters. The van der Waals surface area contributed by atoms with E-state index in [0.29, 0.717) is 29.2 Å². The Kier molecular flexibility index (Phi) is 4.73. The first-order chi connectivity index (χ1) is 9.60. The van der Waals surface area contributed by atoms with Crippen LogP contribution in [-0.2, 0) is 13.1 Å². The molecular weight excluding hydrogens is 275 g/mol. The molecular formula is C16H14ClFN2. The van der Waals surface area contributed by atoms with Crippen LogP contribution in [0.25, 0.3) is 0 Å². The molecule has 4 heteroatoms. The zero-order valence-corrected chi connectivity index (χ0v) is 11.9. The molecule has 0 aliphatic carbocycles. The van der Waals surface area contributed by atoms with Gasteiger partial charge < -0.3 is 0 Å². The van der Waals surface area contributed by atoms with Gasteiger partial charge in [0.15, 0.2) is 0 Å². The van der Waals surface area contributed by atoms with Crippen LogP contribution in [0.5, 0.6) is 0 Å². The van der Waals surface area contributed by atoms with Gasteiger partial charge in [-0.1, -0.05) is 35.9 Å². The summed E-state index contributed by atoms with van der Waals surface area (Å²) in [6.07, 6.45) is 0. The highest BCUT2D eigenvalue weighted by Gasteiger charge is 2.08. The molecule has 0 N–H and O–H groups in total. The Morgan fingerprint density at radius 1 is 1.15 bits per heavy atom. The predicted molar refractivity (Wildman–Crippen MR) is 77.7 cm³/mol. The van der Waals surface area contributed by atoms with Crippen LogP contribution in [0, 0.1) is 17.1 Å². The lowest BCUT2D eigenvalue weighted by molar-refractivity contribution is 0.313. The third-order valence-corrected chi connectivity index (χ3v) is 3.39. The van der Waals surface area contributed by atoms with E-state index in [4.69, 9.17) is 16.9 Å². The number of hydrogen-bond donors (Lipinski definition) is 0. The van der Waals surface area contributed by atoms with Crippen molar-refractivity contribution < 1.29 is 4.39 Å². The first-order valence-electron chi connectivity index (χ1n) is 6.20. The van der Waals surface area contributed by atoms with Gasteiger partial charge >= 0.3 is 0 Å². The minimum absolute atomic E-state index is 0.333. The summed E-state index contributed by atoms with van der Waals surface area (Å²) in [4.78, 5) is 1.98. The fourth-order valence-corrected chi connectivity index (χ4v) is 2.20. The fraction of sp³-hybridized carbons (Fsp3) is 0.188. The molecule has 0 spiro atoms. The Bertz CT molecular complexity index is 649. The molecule has 20 heavy (non-hydrogen) atoms. The second kappa shape index (κ2) is 6.51. The average Bonchev–Trinajstić information content (AvgIpc) is 2.43. The van der Waals surface area contributed by atoms with Crippen molar-refractivity contribution in [3.63, 3.8) is 0 Å². The van der Waals surface area contributed by atoms with Crippen molar-refractivity contribution >= 4 is 11.6 Å². The summed E-state index contributed by atoms with van der Waals surface area (Å²) in [5.41, 5.74) is 1.91. The van der Waals surface area contributed by atoms with Crippen molar-refractivity contribution in [1.82, 2.24) is 4.90 Å². The molecule has 0 fully saturated rings. The lowest BCUT2D eigenvalue weighted by Crippen LogP contribution is -2.18. The summed E-state index contributed by atoms with van der Waals surface area (Å²) in [6.45, 7) is 1.10. The lowest BCUT2D eigenvalue weighted by Gasteiger charge is -2.18. The zero-order valence-electron chi connectivity index (χ0n) is 11.1. The topological polar surface area (TPSA) is 27.0 Å². The lowest BCUT2D eigenvalue weighted by atomic mass is 10.1. The third-order valence-electron chi connectivity index (χ3n) is 3.02. The Morgan fingerprint density at radius 3 is 2.50 bits per heavy atom. The summed E-state index contributed by atoms with van der Waals surface area (Å²) in [6, 6.07) is 14.1. The number of rotatable bonds is 4. The number of hydrogen-bond acceptors (Lipinski definition) is 2. The molecule has 2 aromatic rings. The fourth-order valence-electron chi connectivity index (χ4n) is 2.01. The van der Waals surface area contributed by atoms with Crippen molar-refractivity contribution in [2.75, 3.05) is 7.05 Å². The molecule has 0 aliphatic heterocycles. The van der Waals surface area contributed by atoms with Crippen LogP contribution in [0.3, 0.4) is 0 Å². The highest BCUT2D eigenvalue weighted by atomic mass is 35.5. The highest BCUT2D eigenvalue weighted by molar-refractivity contribution is 6.31. The standard InChI is InChI=1S/C16H14ClFN2/c1-20(10-13-4-2-3-5-15(13)17)11-14-7-6-12(9-19)8-16(14)18/h2-8H,10-11H2,1H3. The molecule has 102 valence electrons. The first-order valence-corrected chi connectivity index (χ1v) is 6.58. The van der Waals surface area contributed by atoms with E-state index in [9.17, 15) is 4.39 Å². The Balaban J connectivity index is 2.07. The van der Waals surface area contributed by atoms with E-state index in [1.165, 1.54) is 6.07 Å². The summed E-state index contributed by atoms with van der Waals surface area (Å²) < 4.78 is 13.8. The molecule has 2 rings (SSSR count). The van der Waals surface area contributed by atoms with Crippen LogP contribution < -0.4 is 0 Å². The van der Waals surface area contributed by atoms with E-state index in [1.54, 1.807) is 12.1 Å². The Morgan fingerprint density at radius 2 is 1.85 bits per heavy atom. The van der Waals surface area contributed by atoms with Gasteiger partial charge in [0.2, 0.25) is 0 Å². The summed E-state index contributed by atoms with van der Waals surface area (Å²) in [7, 11) is 1.90. The van der Waals surface area contributed by atoms with E-state index < -0.39 is 0 Å². The van der Waals surface area contributed by atoms with Gasteiger partial charge in [0, 0.05) is 23.7 Å². The third kappa shape index (κ3) is 3.57. The number of halogens is 2. The minimum Gasteiger partial charge on any atom is -0.298 e. The van der Waals surface area contributed by atoms with Crippen molar-refractivity contribution in [3.8, 4) is 6.07 Å². The van der Waals surface area contributed by atoms with Gasteiger partial charge in [-0.2, -0.15) is 5.26 Å². The molecule has 0 saturated heterocycles.